The first-order valence-electron chi connectivity index (χ1n) is 9.57. The molecule has 2 N–H and O–H groups in total. The number of piperidine rings is 1. The number of carbonyl (C=O) groups excluding carboxylic acids is 1. The van der Waals surface area contributed by atoms with Crippen molar-refractivity contribution < 1.29 is 13.2 Å². The summed E-state index contributed by atoms with van der Waals surface area (Å²) < 4.78 is 25.6. The molecule has 1 fully saturated rings. The van der Waals surface area contributed by atoms with Gasteiger partial charge >= 0.3 is 0 Å². The predicted molar refractivity (Wildman–Crippen MR) is 110 cm³/mol. The summed E-state index contributed by atoms with van der Waals surface area (Å²) in [7, 11) is -3.38. The van der Waals surface area contributed by atoms with E-state index in [-0.39, 0.29) is 11.8 Å². The number of hydrogen-bond donors (Lipinski definition) is 2. The highest BCUT2D eigenvalue weighted by molar-refractivity contribution is 7.92. The van der Waals surface area contributed by atoms with E-state index in [1.807, 2.05) is 4.90 Å². The summed E-state index contributed by atoms with van der Waals surface area (Å²) in [5.41, 5.74) is 4.83. The fourth-order valence-corrected chi connectivity index (χ4v) is 4.51. The molecule has 3 rings (SSSR count). The van der Waals surface area contributed by atoms with Gasteiger partial charge in [0.1, 0.15) is 0 Å². The maximum atomic E-state index is 12.8. The van der Waals surface area contributed by atoms with Crippen LogP contribution in [0.25, 0.3) is 0 Å². The van der Waals surface area contributed by atoms with Gasteiger partial charge in [-0.2, -0.15) is 5.10 Å². The lowest BCUT2D eigenvalue weighted by molar-refractivity contribution is -0.132. The van der Waals surface area contributed by atoms with E-state index in [4.69, 9.17) is 0 Å². The van der Waals surface area contributed by atoms with Crippen LogP contribution in [0.3, 0.4) is 0 Å². The Labute approximate surface area is 166 Å². The van der Waals surface area contributed by atoms with E-state index in [1.54, 1.807) is 0 Å². The minimum absolute atomic E-state index is 0.0469. The van der Waals surface area contributed by atoms with Crippen molar-refractivity contribution >= 4 is 21.6 Å². The average Bonchev–Trinajstić information content (AvgIpc) is 3.05. The first kappa shape index (κ1) is 20.4. The van der Waals surface area contributed by atoms with Gasteiger partial charge < -0.3 is 4.90 Å². The molecule has 0 bridgehead atoms. The molecule has 8 heteroatoms. The summed E-state index contributed by atoms with van der Waals surface area (Å²) in [6.45, 7) is 5.46. The molecule has 1 atom stereocenters. The molecule has 0 unspecified atom stereocenters. The summed E-state index contributed by atoms with van der Waals surface area (Å²) in [6, 6.07) is 6.40. The van der Waals surface area contributed by atoms with Crippen molar-refractivity contribution in [3.8, 4) is 0 Å². The van der Waals surface area contributed by atoms with Crippen LogP contribution < -0.4 is 4.72 Å². The smallest absolute Gasteiger partial charge is 0.229 e. The highest BCUT2D eigenvalue weighted by Gasteiger charge is 2.27. The van der Waals surface area contributed by atoms with Crippen molar-refractivity contribution in [3.05, 3.63) is 46.8 Å². The number of amides is 1. The van der Waals surface area contributed by atoms with E-state index < -0.39 is 10.0 Å². The van der Waals surface area contributed by atoms with Gasteiger partial charge in [0.05, 0.1) is 23.8 Å². The van der Waals surface area contributed by atoms with Gasteiger partial charge in [-0.05, 0) is 38.7 Å². The van der Waals surface area contributed by atoms with E-state index in [0.29, 0.717) is 18.7 Å². The van der Waals surface area contributed by atoms with Crippen LogP contribution in [0.1, 0.15) is 47.6 Å². The third-order valence-electron chi connectivity index (χ3n) is 5.06. The minimum atomic E-state index is -3.38. The molecule has 0 saturated carbocycles. The molecule has 1 aliphatic rings. The largest absolute Gasteiger partial charge is 0.342 e. The average molecular weight is 405 g/mol. The van der Waals surface area contributed by atoms with Gasteiger partial charge in [0, 0.05) is 25.4 Å². The van der Waals surface area contributed by atoms with Crippen LogP contribution in [0.15, 0.2) is 24.4 Å². The predicted octanol–water partition coefficient (Wildman–Crippen LogP) is 2.74. The van der Waals surface area contributed by atoms with Crippen LogP contribution in [0.4, 0.5) is 5.69 Å². The normalized spacial score (nSPS) is 17.5. The first-order chi connectivity index (χ1) is 13.2. The Hall–Kier alpha value is -2.35. The lowest BCUT2D eigenvalue weighted by Crippen LogP contribution is -2.39. The molecule has 2 aromatic rings. The summed E-state index contributed by atoms with van der Waals surface area (Å²) in [6.07, 6.45) is 5.59. The number of hydrogen-bond acceptors (Lipinski definition) is 4. The number of carbonyl (C=O) groups is 1. The summed E-state index contributed by atoms with van der Waals surface area (Å²) in [4.78, 5) is 14.6. The topological polar surface area (TPSA) is 95.2 Å². The van der Waals surface area contributed by atoms with E-state index in [0.717, 1.165) is 37.8 Å². The second-order valence-electron chi connectivity index (χ2n) is 7.75. The molecule has 0 radical (unpaired) electrons. The summed E-state index contributed by atoms with van der Waals surface area (Å²) in [5.74, 6) is 0.187. The van der Waals surface area contributed by atoms with Crippen LogP contribution in [-0.4, -0.2) is 48.8 Å². The highest BCUT2D eigenvalue weighted by Crippen LogP contribution is 2.31. The van der Waals surface area contributed by atoms with Gasteiger partial charge in [-0.3, -0.25) is 14.6 Å². The fourth-order valence-electron chi connectivity index (χ4n) is 3.95. The standard InChI is InChI=1S/C20H28N4O3S/c1-14-9-15(2)11-16(10-14)6-7-19(25)24-8-4-5-17(13-24)20-18(12-21-22-20)23-28(3,26)27/h9-12,17,23H,4-8,13H2,1-3H3,(H,21,22)/t17-/m0/s1. The number of nitrogens with one attached hydrogen (secondary N) is 2. The number of nitrogens with zero attached hydrogens (tertiary/aromatic N) is 2. The second kappa shape index (κ2) is 8.34. The maximum Gasteiger partial charge on any atom is 0.229 e. The van der Waals surface area contributed by atoms with Gasteiger partial charge in [0.2, 0.25) is 15.9 Å². The maximum absolute atomic E-state index is 12.8. The number of rotatable bonds is 6. The lowest BCUT2D eigenvalue weighted by atomic mass is 9.93. The molecule has 7 nitrogen and oxygen atoms in total. The van der Waals surface area contributed by atoms with E-state index in [2.05, 4.69) is 47.0 Å². The highest BCUT2D eigenvalue weighted by atomic mass is 32.2. The van der Waals surface area contributed by atoms with E-state index in [9.17, 15) is 13.2 Å². The number of aromatic amines is 1. The Balaban J connectivity index is 1.63. The Morgan fingerprint density at radius 1 is 1.29 bits per heavy atom. The van der Waals surface area contributed by atoms with Gasteiger partial charge in [0.15, 0.2) is 0 Å². The number of sulfonamides is 1. The first-order valence-corrected chi connectivity index (χ1v) is 11.5. The molecule has 152 valence electrons. The molecule has 0 spiro atoms. The Bertz CT molecular complexity index is 932. The fraction of sp³-hybridized carbons (Fsp3) is 0.500. The Kier molecular flexibility index (Phi) is 6.07. The van der Waals surface area contributed by atoms with E-state index >= 15 is 0 Å². The zero-order chi connectivity index (χ0) is 20.3. The zero-order valence-electron chi connectivity index (χ0n) is 16.7. The molecule has 1 aromatic heterocycles. The second-order valence-corrected chi connectivity index (χ2v) is 9.49. The Morgan fingerprint density at radius 3 is 2.68 bits per heavy atom. The van der Waals surface area contributed by atoms with Crippen LogP contribution in [0.2, 0.25) is 0 Å². The number of likely N-dealkylation sites (tertiary alicyclic amines) is 1. The van der Waals surface area contributed by atoms with Gasteiger partial charge in [-0.25, -0.2) is 8.42 Å². The quantitative estimate of drug-likeness (QED) is 0.774. The molecule has 2 heterocycles. The third kappa shape index (κ3) is 5.34. The number of H-pyrrole nitrogens is 1. The van der Waals surface area contributed by atoms with Crippen molar-refractivity contribution in [2.75, 3.05) is 24.1 Å². The molecule has 28 heavy (non-hydrogen) atoms. The van der Waals surface area contributed by atoms with Crippen LogP contribution >= 0.6 is 0 Å². The summed E-state index contributed by atoms with van der Waals surface area (Å²) in [5, 5.41) is 6.90. The van der Waals surface area contributed by atoms with Crippen molar-refractivity contribution in [3.63, 3.8) is 0 Å². The number of aromatic nitrogens is 2. The van der Waals surface area contributed by atoms with Crippen molar-refractivity contribution in [1.29, 1.82) is 0 Å². The van der Waals surface area contributed by atoms with Gasteiger partial charge in [-0.1, -0.05) is 29.3 Å². The molecule has 1 aromatic carbocycles. The molecule has 1 amide bonds. The number of aryl methyl sites for hydroxylation is 3. The monoisotopic (exact) mass is 404 g/mol. The van der Waals surface area contributed by atoms with Gasteiger partial charge in [0.25, 0.3) is 0 Å². The van der Waals surface area contributed by atoms with Crippen LogP contribution in [0, 0.1) is 13.8 Å². The molecule has 0 aliphatic carbocycles. The van der Waals surface area contributed by atoms with Crippen molar-refractivity contribution in [2.24, 2.45) is 0 Å². The molecular weight excluding hydrogens is 376 g/mol. The van der Waals surface area contributed by atoms with Gasteiger partial charge in [-0.15, -0.1) is 0 Å². The van der Waals surface area contributed by atoms with Crippen LogP contribution in [0.5, 0.6) is 0 Å². The molecule has 1 saturated heterocycles. The molecular formula is C20H28N4O3S. The number of anilines is 1. The van der Waals surface area contributed by atoms with E-state index in [1.165, 1.54) is 22.9 Å². The minimum Gasteiger partial charge on any atom is -0.342 e. The zero-order valence-corrected chi connectivity index (χ0v) is 17.5. The Morgan fingerprint density at radius 2 is 2.00 bits per heavy atom. The SMILES string of the molecule is Cc1cc(C)cc(CCC(=O)N2CCC[C@H](c3[nH]ncc3NS(C)(=O)=O)C2)c1. The third-order valence-corrected chi connectivity index (χ3v) is 5.65. The number of benzene rings is 1. The summed E-state index contributed by atoms with van der Waals surface area (Å²) >= 11 is 0. The molecule has 1 aliphatic heterocycles. The van der Waals surface area contributed by atoms with Crippen LogP contribution in [-0.2, 0) is 21.2 Å². The van der Waals surface area contributed by atoms with Crippen molar-refractivity contribution in [1.82, 2.24) is 15.1 Å². The van der Waals surface area contributed by atoms with Crippen molar-refractivity contribution in [2.45, 2.75) is 45.4 Å². The lowest BCUT2D eigenvalue weighted by Gasteiger charge is -2.32.